The maximum Gasteiger partial charge on any atom is 0.250 e. The molecule has 0 amide bonds. The molecule has 15 heavy (non-hydrogen) atoms. The summed E-state index contributed by atoms with van der Waals surface area (Å²) in [7, 11) is 0. The van der Waals surface area contributed by atoms with Gasteiger partial charge in [-0.3, -0.25) is 15.1 Å². The second kappa shape index (κ2) is 5.02. The van der Waals surface area contributed by atoms with Crippen molar-refractivity contribution in [2.45, 2.75) is 13.8 Å². The third-order valence-corrected chi connectivity index (χ3v) is 2.32. The Balaban J connectivity index is 3.02. The Morgan fingerprint density at radius 2 is 2.27 bits per heavy atom. The Kier molecular flexibility index (Phi) is 3.96. The van der Waals surface area contributed by atoms with E-state index in [2.05, 4.69) is 20.9 Å². The molecule has 0 aliphatic rings. The number of nitrogens with zero attached hydrogens (tertiary/aromatic N) is 2. The Hall–Kier alpha value is -1.23. The minimum absolute atomic E-state index is 0.120. The normalized spacial score (nSPS) is 11.9. The van der Waals surface area contributed by atoms with Crippen LogP contribution in [0, 0.1) is 16.0 Å². The zero-order valence-electron chi connectivity index (χ0n) is 8.48. The van der Waals surface area contributed by atoms with Gasteiger partial charge in [0.2, 0.25) is 0 Å². The van der Waals surface area contributed by atoms with Gasteiger partial charge in [-0.25, -0.2) is 0 Å². The topological polar surface area (TPSA) is 56.0 Å². The highest BCUT2D eigenvalue weighted by Gasteiger charge is 2.15. The molecule has 1 aromatic rings. The van der Waals surface area contributed by atoms with Gasteiger partial charge in [0, 0.05) is 22.7 Å². The molecule has 4 nitrogen and oxygen atoms in total. The third kappa shape index (κ3) is 3.43. The van der Waals surface area contributed by atoms with Crippen molar-refractivity contribution in [2.24, 2.45) is 5.92 Å². The molecule has 0 spiro atoms. The van der Waals surface area contributed by atoms with Crippen LogP contribution >= 0.6 is 15.9 Å². The second-order valence-corrected chi connectivity index (χ2v) is 4.30. The van der Waals surface area contributed by atoms with Crippen molar-refractivity contribution in [1.29, 1.82) is 0 Å². The number of allylic oxidation sites excluding steroid dienone is 1. The summed E-state index contributed by atoms with van der Waals surface area (Å²) in [4.78, 5) is 14.4. The molecule has 0 N–H and O–H groups in total. The summed E-state index contributed by atoms with van der Waals surface area (Å²) in [6, 6.07) is 3.53. The molecule has 0 bridgehead atoms. The Bertz CT molecular complexity index is 385. The fourth-order valence-electron chi connectivity index (χ4n) is 1.05. The van der Waals surface area contributed by atoms with Gasteiger partial charge in [-0.05, 0) is 28.1 Å². The van der Waals surface area contributed by atoms with E-state index >= 15 is 0 Å². The first-order valence-corrected chi connectivity index (χ1v) is 5.27. The number of hydrogen-bond donors (Lipinski definition) is 0. The first-order valence-electron chi connectivity index (χ1n) is 4.48. The molecular formula is C10H11BrN2O2. The van der Waals surface area contributed by atoms with E-state index in [4.69, 9.17) is 0 Å². The van der Waals surface area contributed by atoms with Gasteiger partial charge in [-0.15, -0.1) is 0 Å². The van der Waals surface area contributed by atoms with Gasteiger partial charge in [0.25, 0.3) is 5.70 Å². The van der Waals surface area contributed by atoms with Crippen LogP contribution in [0.3, 0.4) is 0 Å². The minimum atomic E-state index is -0.367. The van der Waals surface area contributed by atoms with Crippen molar-refractivity contribution in [2.75, 3.05) is 0 Å². The summed E-state index contributed by atoms with van der Waals surface area (Å²) in [5, 5.41) is 10.7. The first-order chi connectivity index (χ1) is 7.00. The minimum Gasteiger partial charge on any atom is -0.259 e. The number of nitro groups is 1. The van der Waals surface area contributed by atoms with E-state index < -0.39 is 0 Å². The van der Waals surface area contributed by atoms with Gasteiger partial charge in [0.05, 0.1) is 10.6 Å². The SMILES string of the molecule is CC(C)/C(=C/c1ccc(Br)cn1)[N+](=O)[O-]. The summed E-state index contributed by atoms with van der Waals surface area (Å²) in [6.45, 7) is 3.57. The van der Waals surface area contributed by atoms with Crippen molar-refractivity contribution >= 4 is 22.0 Å². The lowest BCUT2D eigenvalue weighted by Gasteiger charge is -2.01. The Morgan fingerprint density at radius 3 is 2.67 bits per heavy atom. The van der Waals surface area contributed by atoms with Crippen molar-refractivity contribution in [3.8, 4) is 0 Å². The number of halogens is 1. The van der Waals surface area contributed by atoms with Crippen LogP contribution in [0.5, 0.6) is 0 Å². The molecule has 1 rings (SSSR count). The zero-order valence-corrected chi connectivity index (χ0v) is 10.1. The average molecular weight is 271 g/mol. The molecule has 0 aliphatic carbocycles. The molecular weight excluding hydrogens is 260 g/mol. The molecule has 1 aromatic heterocycles. The predicted octanol–water partition coefficient (Wildman–Crippen LogP) is 3.12. The fraction of sp³-hybridized carbons (Fsp3) is 0.300. The molecule has 0 atom stereocenters. The summed E-state index contributed by atoms with van der Waals surface area (Å²) in [5.41, 5.74) is 0.767. The lowest BCUT2D eigenvalue weighted by Crippen LogP contribution is -2.05. The summed E-state index contributed by atoms with van der Waals surface area (Å²) < 4.78 is 0.854. The van der Waals surface area contributed by atoms with E-state index in [0.717, 1.165) is 4.47 Å². The van der Waals surface area contributed by atoms with Crippen LogP contribution in [0.4, 0.5) is 0 Å². The third-order valence-electron chi connectivity index (χ3n) is 1.85. The standard InChI is InChI=1S/C10H11BrN2O2/c1-7(2)10(13(14)15)5-9-4-3-8(11)6-12-9/h3-7H,1-2H3/b10-5-. The van der Waals surface area contributed by atoms with Crippen LogP contribution in [0.2, 0.25) is 0 Å². The molecule has 0 radical (unpaired) electrons. The van der Waals surface area contributed by atoms with Gasteiger partial charge in [-0.1, -0.05) is 13.8 Å². The van der Waals surface area contributed by atoms with E-state index in [1.54, 1.807) is 32.2 Å². The number of hydrogen-bond acceptors (Lipinski definition) is 3. The lowest BCUT2D eigenvalue weighted by molar-refractivity contribution is -0.431. The molecule has 0 aromatic carbocycles. The molecule has 0 aliphatic heterocycles. The highest BCUT2D eigenvalue weighted by Crippen LogP contribution is 2.15. The summed E-state index contributed by atoms with van der Waals surface area (Å²) in [6.07, 6.45) is 3.11. The molecule has 0 fully saturated rings. The molecule has 0 unspecified atom stereocenters. The Labute approximate surface area is 96.3 Å². The van der Waals surface area contributed by atoms with Gasteiger partial charge >= 0.3 is 0 Å². The van der Waals surface area contributed by atoms with Crippen LogP contribution in [0.15, 0.2) is 28.5 Å². The average Bonchev–Trinajstić information content (AvgIpc) is 2.15. The van der Waals surface area contributed by atoms with E-state index in [1.807, 2.05) is 0 Å². The lowest BCUT2D eigenvalue weighted by atomic mass is 10.1. The largest absolute Gasteiger partial charge is 0.259 e. The van der Waals surface area contributed by atoms with Crippen LogP contribution in [0.1, 0.15) is 19.5 Å². The predicted molar refractivity (Wildman–Crippen MR) is 61.7 cm³/mol. The van der Waals surface area contributed by atoms with Crippen molar-refractivity contribution in [3.05, 3.63) is 44.3 Å². The maximum absolute atomic E-state index is 10.7. The highest BCUT2D eigenvalue weighted by molar-refractivity contribution is 9.10. The van der Waals surface area contributed by atoms with Gasteiger partial charge in [0.15, 0.2) is 0 Å². The molecule has 5 heteroatoms. The van der Waals surface area contributed by atoms with E-state index in [1.165, 1.54) is 6.08 Å². The van der Waals surface area contributed by atoms with Crippen molar-refractivity contribution in [1.82, 2.24) is 4.98 Å². The van der Waals surface area contributed by atoms with Gasteiger partial charge in [0.1, 0.15) is 0 Å². The van der Waals surface area contributed by atoms with E-state index in [0.29, 0.717) is 5.69 Å². The highest BCUT2D eigenvalue weighted by atomic mass is 79.9. The van der Waals surface area contributed by atoms with Crippen LogP contribution in [-0.2, 0) is 0 Å². The quantitative estimate of drug-likeness (QED) is 0.627. The van der Waals surface area contributed by atoms with E-state index in [9.17, 15) is 10.1 Å². The summed E-state index contributed by atoms with van der Waals surface area (Å²) in [5.74, 6) is -0.120. The van der Waals surface area contributed by atoms with Crippen LogP contribution in [0.25, 0.3) is 6.08 Å². The van der Waals surface area contributed by atoms with Crippen molar-refractivity contribution in [3.63, 3.8) is 0 Å². The number of pyridine rings is 1. The van der Waals surface area contributed by atoms with E-state index in [-0.39, 0.29) is 16.5 Å². The van der Waals surface area contributed by atoms with Crippen LogP contribution < -0.4 is 0 Å². The monoisotopic (exact) mass is 270 g/mol. The molecule has 80 valence electrons. The number of rotatable bonds is 3. The van der Waals surface area contributed by atoms with Gasteiger partial charge in [-0.2, -0.15) is 0 Å². The number of aromatic nitrogens is 1. The van der Waals surface area contributed by atoms with Crippen LogP contribution in [-0.4, -0.2) is 9.91 Å². The first kappa shape index (κ1) is 11.8. The van der Waals surface area contributed by atoms with Crippen molar-refractivity contribution < 1.29 is 4.92 Å². The smallest absolute Gasteiger partial charge is 0.250 e. The van der Waals surface area contributed by atoms with Gasteiger partial charge < -0.3 is 0 Å². The Morgan fingerprint density at radius 1 is 1.60 bits per heavy atom. The zero-order chi connectivity index (χ0) is 11.4. The fourth-order valence-corrected chi connectivity index (χ4v) is 1.29. The second-order valence-electron chi connectivity index (χ2n) is 3.38. The summed E-state index contributed by atoms with van der Waals surface area (Å²) >= 11 is 3.25. The molecule has 0 saturated heterocycles. The molecule has 1 heterocycles. The molecule has 0 saturated carbocycles. The maximum atomic E-state index is 10.7.